The van der Waals surface area contributed by atoms with Crippen LogP contribution in [0.4, 0.5) is 0 Å². The Kier molecular flexibility index (Phi) is 3.91. The predicted octanol–water partition coefficient (Wildman–Crippen LogP) is 3.11. The monoisotopic (exact) mass is 225 g/mol. The number of hydrogen-bond donors (Lipinski definition) is 1. The molecule has 2 fully saturated rings. The van der Waals surface area contributed by atoms with Gasteiger partial charge in [0.1, 0.15) is 0 Å². The van der Waals surface area contributed by atoms with E-state index in [4.69, 9.17) is 4.74 Å². The zero-order valence-electron chi connectivity index (χ0n) is 11.1. The molecule has 2 nitrogen and oxygen atoms in total. The third kappa shape index (κ3) is 4.42. The highest BCUT2D eigenvalue weighted by Crippen LogP contribution is 2.33. The first-order chi connectivity index (χ1) is 7.53. The molecule has 0 radical (unpaired) electrons. The van der Waals surface area contributed by atoms with Gasteiger partial charge in [0.25, 0.3) is 0 Å². The lowest BCUT2D eigenvalue weighted by Gasteiger charge is -2.39. The van der Waals surface area contributed by atoms with E-state index in [1.54, 1.807) is 0 Å². The number of hydrogen-bond acceptors (Lipinski definition) is 2. The molecule has 0 bridgehead atoms. The molecule has 0 heterocycles. The summed E-state index contributed by atoms with van der Waals surface area (Å²) in [6, 6.07) is 0.728. The molecule has 16 heavy (non-hydrogen) atoms. The van der Waals surface area contributed by atoms with Crippen LogP contribution in [0.15, 0.2) is 0 Å². The van der Waals surface area contributed by atoms with Gasteiger partial charge < -0.3 is 10.1 Å². The van der Waals surface area contributed by atoms with E-state index in [0.717, 1.165) is 12.0 Å². The molecule has 0 atom stereocenters. The summed E-state index contributed by atoms with van der Waals surface area (Å²) in [7, 11) is 0. The number of ether oxygens (including phenoxy) is 1. The lowest BCUT2D eigenvalue weighted by atomic mass is 9.88. The lowest BCUT2D eigenvalue weighted by Crippen LogP contribution is -2.48. The maximum Gasteiger partial charge on any atom is 0.0612 e. The standard InChI is InChI=1S/C14H27NO/c1-14(2,3)16-13-9-12(10-13)15-8-4-5-11-6-7-11/h11-13,15H,4-10H2,1-3H3. The average molecular weight is 225 g/mol. The van der Waals surface area contributed by atoms with E-state index in [1.165, 1.54) is 45.1 Å². The zero-order valence-corrected chi connectivity index (χ0v) is 11.1. The Hall–Kier alpha value is -0.0800. The van der Waals surface area contributed by atoms with Crippen molar-refractivity contribution in [3.05, 3.63) is 0 Å². The van der Waals surface area contributed by atoms with E-state index in [2.05, 4.69) is 26.1 Å². The molecule has 0 aromatic rings. The highest BCUT2D eigenvalue weighted by molar-refractivity contribution is 4.87. The van der Waals surface area contributed by atoms with Crippen LogP contribution in [0.1, 0.15) is 59.3 Å². The topological polar surface area (TPSA) is 21.3 Å². The third-order valence-corrected chi connectivity index (χ3v) is 3.53. The second kappa shape index (κ2) is 5.05. The normalized spacial score (nSPS) is 30.2. The molecule has 0 aliphatic heterocycles. The molecule has 1 N–H and O–H groups in total. The van der Waals surface area contributed by atoms with E-state index in [1.807, 2.05) is 0 Å². The van der Waals surface area contributed by atoms with Gasteiger partial charge in [0.05, 0.1) is 11.7 Å². The van der Waals surface area contributed by atoms with Gasteiger partial charge in [-0.3, -0.25) is 0 Å². The summed E-state index contributed by atoms with van der Waals surface area (Å²) < 4.78 is 5.92. The second-order valence-electron chi connectivity index (χ2n) is 6.56. The van der Waals surface area contributed by atoms with Crippen molar-refractivity contribution in [1.82, 2.24) is 5.32 Å². The number of nitrogens with one attached hydrogen (secondary N) is 1. The smallest absolute Gasteiger partial charge is 0.0612 e. The van der Waals surface area contributed by atoms with Gasteiger partial charge in [-0.2, -0.15) is 0 Å². The molecule has 2 aliphatic rings. The molecular formula is C14H27NO. The molecule has 2 aliphatic carbocycles. The van der Waals surface area contributed by atoms with Crippen molar-refractivity contribution in [2.45, 2.75) is 77.0 Å². The minimum absolute atomic E-state index is 0.0294. The van der Waals surface area contributed by atoms with Gasteiger partial charge in [0, 0.05) is 6.04 Å². The average Bonchev–Trinajstić information content (AvgIpc) is 2.88. The Bertz CT molecular complexity index is 211. The first-order valence-electron chi connectivity index (χ1n) is 6.94. The van der Waals surface area contributed by atoms with Crippen LogP contribution in [0.5, 0.6) is 0 Å². The summed E-state index contributed by atoms with van der Waals surface area (Å²) in [5.41, 5.74) is 0.0294. The fourth-order valence-corrected chi connectivity index (χ4v) is 2.43. The number of rotatable bonds is 6. The molecule has 94 valence electrons. The predicted molar refractivity (Wildman–Crippen MR) is 67.6 cm³/mol. The van der Waals surface area contributed by atoms with Crippen molar-refractivity contribution in [2.24, 2.45) is 5.92 Å². The highest BCUT2D eigenvalue weighted by atomic mass is 16.5. The van der Waals surface area contributed by atoms with Crippen molar-refractivity contribution in [1.29, 1.82) is 0 Å². The van der Waals surface area contributed by atoms with Crippen LogP contribution in [0.25, 0.3) is 0 Å². The summed E-state index contributed by atoms with van der Waals surface area (Å²) in [6.45, 7) is 7.64. The Morgan fingerprint density at radius 3 is 2.44 bits per heavy atom. The molecule has 0 saturated heterocycles. The van der Waals surface area contributed by atoms with Crippen LogP contribution in [0.3, 0.4) is 0 Å². The molecular weight excluding hydrogens is 198 g/mol. The van der Waals surface area contributed by atoms with Gasteiger partial charge in [0.15, 0.2) is 0 Å². The molecule has 0 aromatic heterocycles. The van der Waals surface area contributed by atoms with Crippen LogP contribution in [0.2, 0.25) is 0 Å². The van der Waals surface area contributed by atoms with Crippen LogP contribution in [-0.2, 0) is 4.74 Å². The fraction of sp³-hybridized carbons (Fsp3) is 1.00. The lowest BCUT2D eigenvalue weighted by molar-refractivity contribution is -0.102. The van der Waals surface area contributed by atoms with Crippen molar-refractivity contribution in [2.75, 3.05) is 6.54 Å². The van der Waals surface area contributed by atoms with Crippen LogP contribution in [-0.4, -0.2) is 24.3 Å². The third-order valence-electron chi connectivity index (χ3n) is 3.53. The van der Waals surface area contributed by atoms with E-state index in [-0.39, 0.29) is 5.60 Å². The molecule has 0 amide bonds. The largest absolute Gasteiger partial charge is 0.373 e. The minimum Gasteiger partial charge on any atom is -0.373 e. The van der Waals surface area contributed by atoms with Crippen molar-refractivity contribution >= 4 is 0 Å². The van der Waals surface area contributed by atoms with Crippen molar-refractivity contribution in [3.63, 3.8) is 0 Å². The second-order valence-corrected chi connectivity index (χ2v) is 6.56. The Morgan fingerprint density at radius 1 is 1.19 bits per heavy atom. The quantitative estimate of drug-likeness (QED) is 0.701. The Morgan fingerprint density at radius 2 is 1.88 bits per heavy atom. The van der Waals surface area contributed by atoms with Crippen molar-refractivity contribution in [3.8, 4) is 0 Å². The SMILES string of the molecule is CC(C)(C)OC1CC(NCCCC2CC2)C1. The van der Waals surface area contributed by atoms with Crippen LogP contribution >= 0.6 is 0 Å². The molecule has 0 aromatic carbocycles. The summed E-state index contributed by atoms with van der Waals surface area (Å²) in [5, 5.41) is 3.64. The maximum atomic E-state index is 5.92. The van der Waals surface area contributed by atoms with Gasteiger partial charge in [0.2, 0.25) is 0 Å². The van der Waals surface area contributed by atoms with Gasteiger partial charge in [-0.15, -0.1) is 0 Å². The fourth-order valence-electron chi connectivity index (χ4n) is 2.43. The van der Waals surface area contributed by atoms with E-state index < -0.39 is 0 Å². The van der Waals surface area contributed by atoms with Crippen molar-refractivity contribution < 1.29 is 4.74 Å². The summed E-state index contributed by atoms with van der Waals surface area (Å²) in [5.74, 6) is 1.08. The Balaban J connectivity index is 1.45. The summed E-state index contributed by atoms with van der Waals surface area (Å²) in [4.78, 5) is 0. The van der Waals surface area contributed by atoms with Gasteiger partial charge in [-0.05, 0) is 58.9 Å². The van der Waals surface area contributed by atoms with E-state index in [0.29, 0.717) is 6.10 Å². The van der Waals surface area contributed by atoms with Crippen LogP contribution < -0.4 is 5.32 Å². The molecule has 2 saturated carbocycles. The first-order valence-corrected chi connectivity index (χ1v) is 6.94. The van der Waals surface area contributed by atoms with E-state index >= 15 is 0 Å². The van der Waals surface area contributed by atoms with E-state index in [9.17, 15) is 0 Å². The maximum absolute atomic E-state index is 5.92. The molecule has 2 heteroatoms. The zero-order chi connectivity index (χ0) is 11.6. The van der Waals surface area contributed by atoms with Gasteiger partial charge >= 0.3 is 0 Å². The molecule has 2 rings (SSSR count). The summed E-state index contributed by atoms with van der Waals surface area (Å²) >= 11 is 0. The summed E-state index contributed by atoms with van der Waals surface area (Å²) in [6.07, 6.45) is 8.71. The Labute approximate surface area is 100 Å². The first kappa shape index (κ1) is 12.4. The van der Waals surface area contributed by atoms with Gasteiger partial charge in [-0.25, -0.2) is 0 Å². The molecule has 0 unspecified atom stereocenters. The highest BCUT2D eigenvalue weighted by Gasteiger charge is 2.32. The minimum atomic E-state index is 0.0294. The molecule has 0 spiro atoms. The van der Waals surface area contributed by atoms with Crippen LogP contribution in [0, 0.1) is 5.92 Å². The van der Waals surface area contributed by atoms with Gasteiger partial charge in [-0.1, -0.05) is 12.8 Å².